The number of nitrogens with one attached hydrogen (secondary N) is 1. The molecule has 0 aliphatic carbocycles. The maximum absolute atomic E-state index is 13.7. The summed E-state index contributed by atoms with van der Waals surface area (Å²) in [5.41, 5.74) is 1.89. The molecule has 7 heteroatoms. The fourth-order valence-electron chi connectivity index (χ4n) is 3.52. The number of imide groups is 1. The van der Waals surface area contributed by atoms with Gasteiger partial charge in [-0.25, -0.2) is 8.78 Å². The normalized spacial score (nSPS) is 13.7. The van der Waals surface area contributed by atoms with E-state index in [4.69, 9.17) is 4.74 Å². The molecular weight excluding hydrogens is 414 g/mol. The molecule has 0 aromatic heterocycles. The van der Waals surface area contributed by atoms with E-state index in [2.05, 4.69) is 5.32 Å². The SMILES string of the molecule is COc1ccc(CCN2C(=O)C(Nc3ccc(F)c(F)c3)=C(c3ccccc3)C2=O)cc1. The Labute approximate surface area is 183 Å². The van der Waals surface area contributed by atoms with Gasteiger partial charge in [-0.1, -0.05) is 42.5 Å². The molecule has 1 aliphatic heterocycles. The third kappa shape index (κ3) is 4.23. The molecule has 4 rings (SSSR count). The number of anilines is 1. The molecule has 0 bridgehead atoms. The number of benzene rings is 3. The van der Waals surface area contributed by atoms with Crippen LogP contribution in [-0.4, -0.2) is 30.4 Å². The zero-order valence-electron chi connectivity index (χ0n) is 17.3. The van der Waals surface area contributed by atoms with Crippen molar-refractivity contribution in [3.05, 3.63) is 101 Å². The topological polar surface area (TPSA) is 58.6 Å². The third-order valence-corrected chi connectivity index (χ3v) is 5.20. The van der Waals surface area contributed by atoms with Gasteiger partial charge in [-0.05, 0) is 41.8 Å². The number of halogens is 2. The van der Waals surface area contributed by atoms with Gasteiger partial charge in [-0.3, -0.25) is 14.5 Å². The summed E-state index contributed by atoms with van der Waals surface area (Å²) in [4.78, 5) is 27.5. The van der Waals surface area contributed by atoms with Gasteiger partial charge in [0.1, 0.15) is 11.4 Å². The molecule has 1 aliphatic rings. The van der Waals surface area contributed by atoms with Gasteiger partial charge in [0.15, 0.2) is 11.6 Å². The van der Waals surface area contributed by atoms with Crippen LogP contribution in [0.3, 0.4) is 0 Å². The van der Waals surface area contributed by atoms with Crippen LogP contribution in [-0.2, 0) is 16.0 Å². The van der Waals surface area contributed by atoms with Crippen molar-refractivity contribution in [2.75, 3.05) is 19.0 Å². The van der Waals surface area contributed by atoms with Crippen LogP contribution >= 0.6 is 0 Å². The maximum atomic E-state index is 13.7. The second kappa shape index (κ2) is 9.01. The fourth-order valence-corrected chi connectivity index (χ4v) is 3.52. The molecular formula is C25H20F2N2O3. The standard InChI is InChI=1S/C25H20F2N2O3/c1-32-19-10-7-16(8-11-19)13-14-29-24(30)22(17-5-3-2-4-6-17)23(25(29)31)28-18-9-12-20(26)21(27)15-18/h2-12,15,28H,13-14H2,1H3. The van der Waals surface area contributed by atoms with Gasteiger partial charge in [0.05, 0.1) is 12.7 Å². The average Bonchev–Trinajstić information content (AvgIpc) is 3.04. The molecule has 1 heterocycles. The van der Waals surface area contributed by atoms with E-state index in [-0.39, 0.29) is 23.5 Å². The van der Waals surface area contributed by atoms with E-state index in [9.17, 15) is 18.4 Å². The van der Waals surface area contributed by atoms with Gasteiger partial charge >= 0.3 is 0 Å². The maximum Gasteiger partial charge on any atom is 0.278 e. The lowest BCUT2D eigenvalue weighted by Crippen LogP contribution is -2.34. The van der Waals surface area contributed by atoms with Crippen molar-refractivity contribution in [3.63, 3.8) is 0 Å². The van der Waals surface area contributed by atoms with E-state index in [1.165, 1.54) is 6.07 Å². The van der Waals surface area contributed by atoms with Gasteiger partial charge in [0.25, 0.3) is 11.8 Å². The highest BCUT2D eigenvalue weighted by atomic mass is 19.2. The van der Waals surface area contributed by atoms with Crippen molar-refractivity contribution in [2.24, 2.45) is 0 Å². The molecule has 2 amide bonds. The van der Waals surface area contributed by atoms with Crippen molar-refractivity contribution in [2.45, 2.75) is 6.42 Å². The molecule has 0 fully saturated rings. The van der Waals surface area contributed by atoms with Crippen molar-refractivity contribution in [1.29, 1.82) is 0 Å². The minimum atomic E-state index is -1.05. The summed E-state index contributed by atoms with van der Waals surface area (Å²) < 4.78 is 32.1. The molecule has 0 radical (unpaired) electrons. The fraction of sp³-hybridized carbons (Fsp3) is 0.120. The summed E-state index contributed by atoms with van der Waals surface area (Å²) >= 11 is 0. The number of methoxy groups -OCH3 is 1. The number of carbonyl (C=O) groups is 2. The smallest absolute Gasteiger partial charge is 0.278 e. The van der Waals surface area contributed by atoms with Gasteiger partial charge in [0.2, 0.25) is 0 Å². The van der Waals surface area contributed by atoms with Crippen LogP contribution in [0.25, 0.3) is 5.57 Å². The highest BCUT2D eigenvalue weighted by Crippen LogP contribution is 2.31. The second-order valence-electron chi connectivity index (χ2n) is 7.23. The van der Waals surface area contributed by atoms with Crippen LogP contribution in [0.2, 0.25) is 0 Å². The lowest BCUT2D eigenvalue weighted by molar-refractivity contribution is -0.136. The zero-order valence-corrected chi connectivity index (χ0v) is 17.3. The van der Waals surface area contributed by atoms with Gasteiger partial charge in [0, 0.05) is 18.3 Å². The predicted molar refractivity (Wildman–Crippen MR) is 117 cm³/mol. The van der Waals surface area contributed by atoms with Crippen molar-refractivity contribution in [3.8, 4) is 5.75 Å². The summed E-state index contributed by atoms with van der Waals surface area (Å²) in [6.07, 6.45) is 0.460. The lowest BCUT2D eigenvalue weighted by atomic mass is 10.0. The predicted octanol–water partition coefficient (Wildman–Crippen LogP) is 4.41. The van der Waals surface area contributed by atoms with Crippen molar-refractivity contribution in [1.82, 2.24) is 4.90 Å². The van der Waals surface area contributed by atoms with Crippen LogP contribution < -0.4 is 10.1 Å². The molecule has 5 nitrogen and oxygen atoms in total. The lowest BCUT2D eigenvalue weighted by Gasteiger charge is -2.15. The molecule has 0 spiro atoms. The Balaban J connectivity index is 1.62. The number of hydrogen-bond acceptors (Lipinski definition) is 4. The first-order valence-electron chi connectivity index (χ1n) is 9.99. The number of ether oxygens (including phenoxy) is 1. The first-order chi connectivity index (χ1) is 15.5. The zero-order chi connectivity index (χ0) is 22.7. The van der Waals surface area contributed by atoms with Crippen molar-refractivity contribution < 1.29 is 23.1 Å². The van der Waals surface area contributed by atoms with E-state index in [0.29, 0.717) is 17.7 Å². The summed E-state index contributed by atoms with van der Waals surface area (Å²) in [7, 11) is 1.58. The van der Waals surface area contributed by atoms with Crippen LogP contribution in [0.4, 0.5) is 14.5 Å². The molecule has 0 atom stereocenters. The van der Waals surface area contributed by atoms with Crippen LogP contribution in [0.5, 0.6) is 5.75 Å². The largest absolute Gasteiger partial charge is 0.497 e. The van der Waals surface area contributed by atoms with Crippen LogP contribution in [0.15, 0.2) is 78.5 Å². The van der Waals surface area contributed by atoms with Crippen LogP contribution in [0, 0.1) is 11.6 Å². The first-order valence-corrected chi connectivity index (χ1v) is 9.99. The van der Waals surface area contributed by atoms with Gasteiger partial charge in [-0.15, -0.1) is 0 Å². The Bertz CT molecular complexity index is 1190. The molecule has 32 heavy (non-hydrogen) atoms. The molecule has 0 saturated heterocycles. The Morgan fingerprint density at radius 2 is 1.59 bits per heavy atom. The average molecular weight is 434 g/mol. The van der Waals surface area contributed by atoms with E-state index in [1.54, 1.807) is 37.4 Å². The molecule has 0 unspecified atom stereocenters. The summed E-state index contributed by atoms with van der Waals surface area (Å²) in [6, 6.07) is 19.4. The Morgan fingerprint density at radius 3 is 2.25 bits per heavy atom. The van der Waals surface area contributed by atoms with E-state index >= 15 is 0 Å². The number of hydrogen-bond donors (Lipinski definition) is 1. The minimum Gasteiger partial charge on any atom is -0.497 e. The molecule has 0 saturated carbocycles. The number of carbonyl (C=O) groups excluding carboxylic acids is 2. The van der Waals surface area contributed by atoms with E-state index in [0.717, 1.165) is 22.6 Å². The monoisotopic (exact) mass is 434 g/mol. The summed E-state index contributed by atoms with van der Waals surface area (Å²) in [5.74, 6) is -2.30. The summed E-state index contributed by atoms with van der Waals surface area (Å²) in [6.45, 7) is 0.170. The number of rotatable bonds is 7. The van der Waals surface area contributed by atoms with E-state index < -0.39 is 23.4 Å². The van der Waals surface area contributed by atoms with Crippen LogP contribution in [0.1, 0.15) is 11.1 Å². The number of amides is 2. The second-order valence-corrected chi connectivity index (χ2v) is 7.23. The Morgan fingerprint density at radius 1 is 0.875 bits per heavy atom. The molecule has 3 aromatic rings. The quantitative estimate of drug-likeness (QED) is 0.560. The third-order valence-electron chi connectivity index (χ3n) is 5.20. The van der Waals surface area contributed by atoms with Gasteiger partial charge < -0.3 is 10.1 Å². The van der Waals surface area contributed by atoms with Crippen molar-refractivity contribution >= 4 is 23.1 Å². The highest BCUT2D eigenvalue weighted by Gasteiger charge is 2.38. The molecule has 1 N–H and O–H groups in total. The first kappa shape index (κ1) is 21.2. The summed E-state index contributed by atoms with van der Waals surface area (Å²) in [5, 5.41) is 2.83. The Kier molecular flexibility index (Phi) is 5.98. The molecule has 162 valence electrons. The molecule has 3 aromatic carbocycles. The minimum absolute atomic E-state index is 0.0296. The number of nitrogens with zero attached hydrogens (tertiary/aromatic N) is 1. The highest BCUT2D eigenvalue weighted by molar-refractivity contribution is 6.36. The Hall–Kier alpha value is -4.00. The van der Waals surface area contributed by atoms with Gasteiger partial charge in [-0.2, -0.15) is 0 Å². The van der Waals surface area contributed by atoms with E-state index in [1.807, 2.05) is 24.3 Å².